The van der Waals surface area contributed by atoms with Gasteiger partial charge >= 0.3 is 12.1 Å². The Morgan fingerprint density at radius 2 is 1.75 bits per heavy atom. The van der Waals surface area contributed by atoms with E-state index in [1.54, 1.807) is 24.3 Å². The maximum absolute atomic E-state index is 12.7. The zero-order valence-corrected chi connectivity index (χ0v) is 23.1. The first kappa shape index (κ1) is 30.5. The van der Waals surface area contributed by atoms with Gasteiger partial charge in [0.2, 0.25) is 12.2 Å². The van der Waals surface area contributed by atoms with Crippen LogP contribution in [0.15, 0.2) is 42.9 Å². The third-order valence-electron chi connectivity index (χ3n) is 7.23. The molecule has 5 rings (SSSR count). The smallest absolute Gasteiger partial charge is 0.409 e. The van der Waals surface area contributed by atoms with Crippen LogP contribution in [-0.4, -0.2) is 106 Å². The van der Waals surface area contributed by atoms with Gasteiger partial charge in [-0.3, -0.25) is 4.79 Å². The number of ether oxygens (including phenoxy) is 2. The van der Waals surface area contributed by atoms with Crippen molar-refractivity contribution in [2.24, 2.45) is 5.73 Å². The highest BCUT2D eigenvalue weighted by molar-refractivity contribution is 5.98. The largest absolute Gasteiger partial charge is 0.479 e. The maximum Gasteiger partial charge on any atom is 0.409 e. The van der Waals surface area contributed by atoms with Gasteiger partial charge in [-0.25, -0.2) is 14.6 Å². The lowest BCUT2D eigenvalue weighted by Gasteiger charge is -2.38. The van der Waals surface area contributed by atoms with Gasteiger partial charge in [-0.05, 0) is 31.0 Å². The lowest BCUT2D eigenvalue weighted by molar-refractivity contribution is -0.278. The van der Waals surface area contributed by atoms with E-state index < -0.39 is 60.8 Å². The van der Waals surface area contributed by atoms with Gasteiger partial charge in [0.1, 0.15) is 29.7 Å². The number of alkyl carbamates (subject to hydrolysis) is 1. The third kappa shape index (κ3) is 6.83. The number of amides is 2. The number of hydrogen-bond donors (Lipinski definition) is 8. The van der Waals surface area contributed by atoms with Gasteiger partial charge in [0.15, 0.2) is 6.10 Å². The number of carbonyl (C=O) groups excluding carboxylic acids is 2. The molecule has 3 aromatic rings. The predicted octanol–water partition coefficient (Wildman–Crippen LogP) is -0.759. The van der Waals surface area contributed by atoms with Crippen LogP contribution in [0.5, 0.6) is 0 Å². The van der Waals surface area contributed by atoms with Crippen molar-refractivity contribution in [2.45, 2.75) is 68.5 Å². The number of aliphatic hydroxyl groups is 3. The molecule has 18 heteroatoms. The van der Waals surface area contributed by atoms with Crippen molar-refractivity contribution >= 4 is 35.4 Å². The van der Waals surface area contributed by atoms with Crippen LogP contribution >= 0.6 is 0 Å². The number of aliphatic carboxylic acids is 1. The molecule has 9 N–H and O–H groups in total. The molecule has 0 bridgehead atoms. The van der Waals surface area contributed by atoms with Gasteiger partial charge in [-0.15, -0.1) is 0 Å². The number of carboxylic acids is 1. The van der Waals surface area contributed by atoms with Gasteiger partial charge in [-0.1, -0.05) is 18.9 Å². The summed E-state index contributed by atoms with van der Waals surface area (Å²) >= 11 is 0. The van der Waals surface area contributed by atoms with Crippen LogP contribution in [-0.2, 0) is 14.3 Å². The third-order valence-corrected chi connectivity index (χ3v) is 7.23. The summed E-state index contributed by atoms with van der Waals surface area (Å²) in [7, 11) is 0. The second kappa shape index (κ2) is 13.2. The minimum absolute atomic E-state index is 0.0399. The van der Waals surface area contributed by atoms with Gasteiger partial charge in [0.05, 0.1) is 24.1 Å². The van der Waals surface area contributed by atoms with E-state index in [1.807, 2.05) is 0 Å². The van der Waals surface area contributed by atoms with Crippen molar-refractivity contribution in [3.63, 3.8) is 0 Å². The Balaban J connectivity index is 1.28. The Labute approximate surface area is 249 Å². The Kier molecular flexibility index (Phi) is 9.14. The molecule has 1 aliphatic carbocycles. The van der Waals surface area contributed by atoms with Crippen LogP contribution in [0.3, 0.4) is 0 Å². The lowest BCUT2D eigenvalue weighted by atomic mass is 9.90. The Morgan fingerprint density at radius 3 is 2.45 bits per heavy atom. The molecule has 44 heavy (non-hydrogen) atoms. The number of anilines is 3. The fraction of sp³-hybridized carbons (Fsp3) is 0.423. The average molecular weight is 614 g/mol. The van der Waals surface area contributed by atoms with Crippen LogP contribution in [0.25, 0.3) is 5.69 Å². The Hall–Kier alpha value is -4.91. The molecular formula is C26H31N9O9. The minimum atomic E-state index is -1.92. The quantitative estimate of drug-likeness (QED) is 0.147. The first-order valence-corrected chi connectivity index (χ1v) is 13.7. The number of hydrogen-bond acceptors (Lipinski definition) is 14. The zero-order valence-electron chi connectivity index (χ0n) is 23.1. The normalized spacial score (nSPS) is 26.8. The highest BCUT2D eigenvalue weighted by Crippen LogP contribution is 2.26. The summed E-state index contributed by atoms with van der Waals surface area (Å²) in [6.07, 6.45) is -3.45. The van der Waals surface area contributed by atoms with Crippen molar-refractivity contribution in [3.8, 4) is 5.69 Å². The van der Waals surface area contributed by atoms with E-state index in [4.69, 9.17) is 15.2 Å². The summed E-state index contributed by atoms with van der Waals surface area (Å²) in [6, 6.07) is 6.16. The summed E-state index contributed by atoms with van der Waals surface area (Å²) in [5.41, 5.74) is 6.83. The van der Waals surface area contributed by atoms with E-state index in [-0.39, 0.29) is 17.3 Å². The van der Waals surface area contributed by atoms with Crippen LogP contribution in [0.2, 0.25) is 0 Å². The van der Waals surface area contributed by atoms with Gasteiger partial charge in [0, 0.05) is 17.9 Å². The number of rotatable bonds is 9. The van der Waals surface area contributed by atoms with E-state index in [9.17, 15) is 34.8 Å². The fourth-order valence-corrected chi connectivity index (χ4v) is 5.00. The molecule has 2 aromatic heterocycles. The molecule has 234 valence electrons. The van der Waals surface area contributed by atoms with Crippen molar-refractivity contribution < 1.29 is 44.3 Å². The lowest BCUT2D eigenvalue weighted by Crippen LogP contribution is -2.61. The number of carboxylic acid groups (broad SMARTS) is 1. The molecule has 1 aliphatic heterocycles. The van der Waals surface area contributed by atoms with Crippen LogP contribution in [0, 0.1) is 0 Å². The van der Waals surface area contributed by atoms with E-state index in [1.165, 1.54) is 23.4 Å². The van der Waals surface area contributed by atoms with E-state index in [2.05, 4.69) is 36.1 Å². The van der Waals surface area contributed by atoms with Crippen molar-refractivity contribution in [2.75, 3.05) is 10.6 Å². The summed E-state index contributed by atoms with van der Waals surface area (Å²) in [5.74, 6) is -2.08. The van der Waals surface area contributed by atoms with Gasteiger partial charge in [-0.2, -0.15) is 20.0 Å². The van der Waals surface area contributed by atoms with Crippen LogP contribution < -0.4 is 21.7 Å². The maximum atomic E-state index is 12.7. The molecular weight excluding hydrogens is 582 g/mol. The fourth-order valence-electron chi connectivity index (χ4n) is 5.00. The van der Waals surface area contributed by atoms with Crippen LogP contribution in [0.4, 0.5) is 22.2 Å². The summed E-state index contributed by atoms with van der Waals surface area (Å²) in [6.45, 7) is 0. The monoisotopic (exact) mass is 613 g/mol. The van der Waals surface area contributed by atoms with E-state index in [0.717, 1.165) is 12.8 Å². The van der Waals surface area contributed by atoms with Gasteiger partial charge < -0.3 is 51.6 Å². The number of carbonyl (C=O) groups is 3. The molecule has 1 aromatic carbocycles. The number of nitrogens with two attached hydrogens (primary N) is 1. The first-order chi connectivity index (χ1) is 21.1. The number of nitrogens with one attached hydrogen (secondary N) is 3. The molecule has 1 unspecified atom stereocenters. The molecule has 1 saturated carbocycles. The molecule has 2 amide bonds. The van der Waals surface area contributed by atoms with Crippen LogP contribution in [0.1, 0.15) is 36.0 Å². The average Bonchev–Trinajstić information content (AvgIpc) is 3.54. The second-order valence-electron chi connectivity index (χ2n) is 10.2. The molecule has 0 radical (unpaired) electrons. The predicted molar refractivity (Wildman–Crippen MR) is 149 cm³/mol. The molecule has 2 fully saturated rings. The first-order valence-electron chi connectivity index (χ1n) is 13.7. The number of aliphatic hydroxyl groups excluding tert-OH is 3. The minimum Gasteiger partial charge on any atom is -0.479 e. The SMILES string of the molecule is NC(=O)c1cnc(N[C@@H]2CCCC[C@@H]2NC(=O)O[C@H]2OC(C(=O)O)[C@@H](O)[C@H](O)[C@H]2O)nc1Nc1cccc(-n2nccn2)c1. The van der Waals surface area contributed by atoms with Crippen molar-refractivity contribution in [1.29, 1.82) is 0 Å². The number of nitrogens with zero attached hydrogens (tertiary/aromatic N) is 5. The highest BCUT2D eigenvalue weighted by atomic mass is 16.7. The highest BCUT2D eigenvalue weighted by Gasteiger charge is 2.48. The molecule has 18 nitrogen and oxygen atoms in total. The van der Waals surface area contributed by atoms with E-state index in [0.29, 0.717) is 24.2 Å². The zero-order chi connectivity index (χ0) is 31.4. The molecule has 0 spiro atoms. The van der Waals surface area contributed by atoms with Crippen molar-refractivity contribution in [3.05, 3.63) is 48.4 Å². The van der Waals surface area contributed by atoms with E-state index >= 15 is 0 Å². The van der Waals surface area contributed by atoms with Gasteiger partial charge in [0.25, 0.3) is 5.91 Å². The molecule has 7 atom stereocenters. The number of primary amides is 1. The number of aromatic nitrogens is 5. The Bertz CT molecular complexity index is 1490. The second-order valence-corrected chi connectivity index (χ2v) is 10.2. The number of benzene rings is 1. The van der Waals surface area contributed by atoms with Crippen molar-refractivity contribution in [1.82, 2.24) is 30.3 Å². The molecule has 2 aliphatic rings. The summed E-state index contributed by atoms with van der Waals surface area (Å²) < 4.78 is 10.1. The molecule has 1 saturated heterocycles. The molecule has 3 heterocycles. The Morgan fingerprint density at radius 1 is 1.02 bits per heavy atom. The summed E-state index contributed by atoms with van der Waals surface area (Å²) in [5, 5.41) is 56.3. The topological polar surface area (TPSA) is 269 Å². The standard InChI is InChI=1S/C26H31N9O9/c27-21(39)14-11-28-25(34-22(14)31-12-4-3-5-13(10-12)35-29-8-9-30-35)32-15-6-1-2-7-16(15)33-26(42)44-24-19(38)17(36)18(37)20(43-24)23(40)41/h3-5,8-11,15-20,24,36-38H,1-2,6-7H2,(H2,27,39)(H,33,42)(H,40,41)(H2,28,31,32,34)/t15-,16+,17+,18+,19-,20?,24-/m1/s1. The summed E-state index contributed by atoms with van der Waals surface area (Å²) in [4.78, 5) is 46.3.